The molecule has 0 aliphatic carbocycles. The van der Waals surface area contributed by atoms with Gasteiger partial charge in [-0.25, -0.2) is 13.4 Å². The number of thiazole rings is 1. The zero-order valence-electron chi connectivity index (χ0n) is 16.9. The summed E-state index contributed by atoms with van der Waals surface area (Å²) in [7, 11) is -3.67. The minimum Gasteiger partial charge on any atom is -0.492 e. The Morgan fingerprint density at radius 3 is 2.57 bits per heavy atom. The second-order valence-electron chi connectivity index (χ2n) is 6.18. The van der Waals surface area contributed by atoms with Crippen LogP contribution in [0.4, 0.5) is 5.69 Å². The van der Waals surface area contributed by atoms with Crippen LogP contribution in [0.2, 0.25) is 0 Å². The third kappa shape index (κ3) is 4.72. The first-order chi connectivity index (χ1) is 14.4. The van der Waals surface area contributed by atoms with E-state index in [1.165, 1.54) is 27.8 Å². The van der Waals surface area contributed by atoms with Gasteiger partial charge in [0.2, 0.25) is 10.0 Å². The topological polar surface area (TPSA) is 88.6 Å². The number of amides is 1. The van der Waals surface area contributed by atoms with Crippen LogP contribution in [0.5, 0.6) is 5.75 Å². The molecule has 160 valence electrons. The van der Waals surface area contributed by atoms with Gasteiger partial charge in [-0.3, -0.25) is 4.79 Å². The maximum absolute atomic E-state index is 12.9. The van der Waals surface area contributed by atoms with E-state index in [1.54, 1.807) is 36.6 Å². The molecule has 0 radical (unpaired) electrons. The van der Waals surface area contributed by atoms with Crippen molar-refractivity contribution < 1.29 is 17.9 Å². The molecule has 30 heavy (non-hydrogen) atoms. The zero-order valence-corrected chi connectivity index (χ0v) is 19.4. The lowest BCUT2D eigenvalue weighted by Gasteiger charge is -2.20. The van der Waals surface area contributed by atoms with Crippen LogP contribution in [0.3, 0.4) is 0 Å². The molecule has 0 saturated carbocycles. The maximum atomic E-state index is 12.9. The van der Waals surface area contributed by atoms with E-state index in [2.05, 4.69) is 10.3 Å². The molecule has 3 aromatic rings. The average molecular weight is 466 g/mol. The van der Waals surface area contributed by atoms with Gasteiger partial charge in [0.25, 0.3) is 5.91 Å². The number of sulfonamides is 1. The fraction of sp³-hybridized carbons (Fsp3) is 0.300. The summed E-state index contributed by atoms with van der Waals surface area (Å²) in [5.41, 5.74) is 1.52. The Balaban J connectivity index is 1.91. The van der Waals surface area contributed by atoms with Gasteiger partial charge in [-0.05, 0) is 36.6 Å². The first-order valence-electron chi connectivity index (χ1n) is 9.47. The van der Waals surface area contributed by atoms with E-state index in [-0.39, 0.29) is 10.6 Å². The summed E-state index contributed by atoms with van der Waals surface area (Å²) in [4.78, 5) is 17.3. The molecule has 0 unspecified atom stereocenters. The van der Waals surface area contributed by atoms with E-state index in [9.17, 15) is 13.2 Å². The summed E-state index contributed by atoms with van der Waals surface area (Å²) >= 11 is 2.94. The molecule has 0 aliphatic heterocycles. The predicted molar refractivity (Wildman–Crippen MR) is 121 cm³/mol. The molecule has 0 saturated heterocycles. The number of carbonyl (C=O) groups is 1. The third-order valence-corrected chi connectivity index (χ3v) is 7.97. The standard InChI is InChI=1S/C20H23N3O4S3/c1-4-23(5-2)30(25,26)15-7-8-18(27-6-3)16(11-15)21-19(24)17-13-29-20(22-17)14-9-10-28-12-14/h7-13H,4-6H2,1-3H3,(H,21,24). The number of ether oxygens (including phenoxy) is 1. The number of hydrogen-bond donors (Lipinski definition) is 1. The van der Waals surface area contributed by atoms with Crippen LogP contribution in [-0.4, -0.2) is 43.3 Å². The van der Waals surface area contributed by atoms with Crippen molar-refractivity contribution in [3.8, 4) is 16.3 Å². The lowest BCUT2D eigenvalue weighted by molar-refractivity contribution is 0.102. The van der Waals surface area contributed by atoms with Crippen LogP contribution >= 0.6 is 22.7 Å². The first-order valence-corrected chi connectivity index (χ1v) is 12.7. The van der Waals surface area contributed by atoms with Crippen molar-refractivity contribution in [3.05, 3.63) is 46.1 Å². The fourth-order valence-electron chi connectivity index (χ4n) is 2.84. The number of nitrogens with zero attached hydrogens (tertiary/aromatic N) is 2. The molecule has 10 heteroatoms. The lowest BCUT2D eigenvalue weighted by atomic mass is 10.2. The Bertz CT molecular complexity index is 1100. The van der Waals surface area contributed by atoms with Gasteiger partial charge in [0.05, 0.1) is 17.2 Å². The smallest absolute Gasteiger partial charge is 0.275 e. The molecule has 3 rings (SSSR count). The molecule has 1 N–H and O–H groups in total. The van der Waals surface area contributed by atoms with Crippen LogP contribution in [-0.2, 0) is 10.0 Å². The summed E-state index contributed by atoms with van der Waals surface area (Å²) < 4.78 is 32.7. The van der Waals surface area contributed by atoms with Gasteiger partial charge in [-0.1, -0.05) is 13.8 Å². The van der Waals surface area contributed by atoms with Gasteiger partial charge in [0.15, 0.2) is 0 Å². The summed E-state index contributed by atoms with van der Waals surface area (Å²) in [5.74, 6) is -0.0243. The van der Waals surface area contributed by atoms with Crippen molar-refractivity contribution in [2.24, 2.45) is 0 Å². The molecule has 0 fully saturated rings. The monoisotopic (exact) mass is 465 g/mol. The van der Waals surface area contributed by atoms with Crippen molar-refractivity contribution in [1.82, 2.24) is 9.29 Å². The third-order valence-electron chi connectivity index (χ3n) is 4.35. The number of anilines is 1. The van der Waals surface area contributed by atoms with Crippen molar-refractivity contribution in [1.29, 1.82) is 0 Å². The van der Waals surface area contributed by atoms with Gasteiger partial charge < -0.3 is 10.1 Å². The van der Waals surface area contributed by atoms with Crippen LogP contribution in [0.1, 0.15) is 31.3 Å². The maximum Gasteiger partial charge on any atom is 0.275 e. The Morgan fingerprint density at radius 1 is 1.17 bits per heavy atom. The largest absolute Gasteiger partial charge is 0.492 e. The molecule has 7 nitrogen and oxygen atoms in total. The molecular formula is C20H23N3O4S3. The average Bonchev–Trinajstić information content (AvgIpc) is 3.42. The Morgan fingerprint density at radius 2 is 1.93 bits per heavy atom. The second-order valence-corrected chi connectivity index (χ2v) is 9.76. The predicted octanol–water partition coefficient (Wildman–Crippen LogP) is 4.55. The lowest BCUT2D eigenvalue weighted by Crippen LogP contribution is -2.30. The summed E-state index contributed by atoms with van der Waals surface area (Å²) in [5, 5.41) is 9.11. The molecule has 0 atom stereocenters. The Kier molecular flexibility index (Phi) is 7.24. The quantitative estimate of drug-likeness (QED) is 0.501. The second kappa shape index (κ2) is 9.69. The van der Waals surface area contributed by atoms with Crippen LogP contribution in [0, 0.1) is 0 Å². The summed E-state index contributed by atoms with van der Waals surface area (Å²) in [6, 6.07) is 6.43. The van der Waals surface area contributed by atoms with Crippen molar-refractivity contribution in [2.75, 3.05) is 25.0 Å². The van der Waals surface area contributed by atoms with E-state index in [4.69, 9.17) is 4.74 Å². The Labute approximate surface area is 184 Å². The van der Waals surface area contributed by atoms with Gasteiger partial charge in [-0.15, -0.1) is 11.3 Å². The number of nitrogens with one attached hydrogen (secondary N) is 1. The molecule has 2 heterocycles. The number of hydrogen-bond acceptors (Lipinski definition) is 7. The molecule has 2 aromatic heterocycles. The Hall–Kier alpha value is -2.27. The van der Waals surface area contributed by atoms with E-state index < -0.39 is 15.9 Å². The minimum atomic E-state index is -3.67. The summed E-state index contributed by atoms with van der Waals surface area (Å²) in [6.45, 7) is 6.48. The van der Waals surface area contributed by atoms with E-state index in [0.717, 1.165) is 10.6 Å². The van der Waals surface area contributed by atoms with E-state index in [1.807, 2.05) is 23.8 Å². The van der Waals surface area contributed by atoms with Crippen LogP contribution < -0.4 is 10.1 Å². The van der Waals surface area contributed by atoms with Crippen LogP contribution in [0.15, 0.2) is 45.3 Å². The van der Waals surface area contributed by atoms with E-state index >= 15 is 0 Å². The molecule has 1 amide bonds. The number of thiophene rings is 1. The van der Waals surface area contributed by atoms with Gasteiger partial charge in [0.1, 0.15) is 16.5 Å². The first kappa shape index (κ1) is 22.4. The normalized spacial score (nSPS) is 11.6. The minimum absolute atomic E-state index is 0.0993. The highest BCUT2D eigenvalue weighted by Crippen LogP contribution is 2.31. The zero-order chi connectivity index (χ0) is 21.7. The molecule has 0 bridgehead atoms. The van der Waals surface area contributed by atoms with Gasteiger partial charge in [-0.2, -0.15) is 15.6 Å². The number of benzene rings is 1. The molecular weight excluding hydrogens is 442 g/mol. The van der Waals surface area contributed by atoms with Crippen molar-refractivity contribution in [2.45, 2.75) is 25.7 Å². The molecule has 1 aromatic carbocycles. The van der Waals surface area contributed by atoms with Gasteiger partial charge in [0, 0.05) is 29.4 Å². The van der Waals surface area contributed by atoms with E-state index in [0.29, 0.717) is 31.1 Å². The molecule has 0 aliphatic rings. The van der Waals surface area contributed by atoms with Crippen molar-refractivity contribution >= 4 is 44.3 Å². The van der Waals surface area contributed by atoms with Crippen LogP contribution in [0.25, 0.3) is 10.6 Å². The highest BCUT2D eigenvalue weighted by Gasteiger charge is 2.24. The number of aromatic nitrogens is 1. The summed E-state index contributed by atoms with van der Waals surface area (Å²) in [6.07, 6.45) is 0. The molecule has 0 spiro atoms. The highest BCUT2D eigenvalue weighted by molar-refractivity contribution is 7.89. The van der Waals surface area contributed by atoms with Crippen molar-refractivity contribution in [3.63, 3.8) is 0 Å². The number of carbonyl (C=O) groups excluding carboxylic acids is 1. The van der Waals surface area contributed by atoms with Gasteiger partial charge >= 0.3 is 0 Å². The highest BCUT2D eigenvalue weighted by atomic mass is 32.2. The SMILES string of the molecule is CCOc1ccc(S(=O)(=O)N(CC)CC)cc1NC(=O)c1csc(-c2ccsc2)n1. The fourth-order valence-corrected chi connectivity index (χ4v) is 5.84. The number of rotatable bonds is 9.